The summed E-state index contributed by atoms with van der Waals surface area (Å²) in [5.74, 6) is 4.08. The average Bonchev–Trinajstić information content (AvgIpc) is 3.05. The molecule has 45 heavy (non-hydrogen) atoms. The van der Waals surface area contributed by atoms with Crippen molar-refractivity contribution < 1.29 is 9.53 Å². The number of rotatable bonds is 11. The summed E-state index contributed by atoms with van der Waals surface area (Å²) in [7, 11) is 0. The second-order valence-electron chi connectivity index (χ2n) is 15.7. The Morgan fingerprint density at radius 3 is 1.84 bits per heavy atom. The van der Waals surface area contributed by atoms with E-state index in [4.69, 9.17) is 4.74 Å². The van der Waals surface area contributed by atoms with Gasteiger partial charge in [-0.2, -0.15) is 0 Å². The summed E-state index contributed by atoms with van der Waals surface area (Å²) in [5, 5.41) is 0. The molecule has 2 saturated carbocycles. The third kappa shape index (κ3) is 7.54. The van der Waals surface area contributed by atoms with E-state index in [1.807, 2.05) is 0 Å². The molecule has 5 rings (SSSR count). The van der Waals surface area contributed by atoms with Gasteiger partial charge in [-0.15, -0.1) is 0 Å². The molecule has 3 fully saturated rings. The van der Waals surface area contributed by atoms with Crippen molar-refractivity contribution in [2.75, 3.05) is 31.2 Å². The molecule has 3 aliphatic rings. The van der Waals surface area contributed by atoms with E-state index in [9.17, 15) is 0 Å². The molecule has 0 amide bonds. The average molecular weight is 615 g/mol. The Bertz CT molecular complexity index is 1170. The number of benzene rings is 2. The molecule has 2 aromatic carbocycles. The van der Waals surface area contributed by atoms with Crippen LogP contribution < -0.4 is 4.90 Å². The number of nitrogens with zero attached hydrogens (tertiary/aromatic N) is 2. The SMILES string of the molecule is CCC(Cc1ccccc1)(C(=O)c1ccc(N2CCOCC2)cc1)N(C1CC(C)CCC1C(C)C)C1CC(C)CCC1C(C)C. The standard InChI is InChI=1S/C41H62N2O2/c1-8-41(28-33-12-10-9-11-13-33,40(44)34-16-18-35(19-17-34)42-22-24-45-25-23-42)43(38-26-31(6)14-20-36(38)29(2)3)39-27-32(7)15-21-37(39)30(4)5/h9-13,16-19,29-32,36-39H,8,14-15,20-28H2,1-7H3. The number of ether oxygens (including phenoxy) is 1. The van der Waals surface area contributed by atoms with Crippen LogP contribution in [0.25, 0.3) is 0 Å². The Morgan fingerprint density at radius 2 is 1.36 bits per heavy atom. The molecule has 7 unspecified atom stereocenters. The molecule has 4 heteroatoms. The lowest BCUT2D eigenvalue weighted by Gasteiger charge is -2.58. The first-order valence-electron chi connectivity index (χ1n) is 18.4. The lowest BCUT2D eigenvalue weighted by molar-refractivity contribution is -0.0794. The van der Waals surface area contributed by atoms with Crippen LogP contribution in [0.3, 0.4) is 0 Å². The van der Waals surface area contributed by atoms with Gasteiger partial charge >= 0.3 is 0 Å². The highest BCUT2D eigenvalue weighted by atomic mass is 16.5. The minimum Gasteiger partial charge on any atom is -0.378 e. The summed E-state index contributed by atoms with van der Waals surface area (Å²) in [5.41, 5.74) is 2.73. The van der Waals surface area contributed by atoms with Gasteiger partial charge in [0.2, 0.25) is 0 Å². The molecule has 1 saturated heterocycles. The Kier molecular flexibility index (Phi) is 11.5. The van der Waals surface area contributed by atoms with Gasteiger partial charge in [-0.25, -0.2) is 0 Å². The van der Waals surface area contributed by atoms with E-state index in [2.05, 4.69) is 113 Å². The fraction of sp³-hybridized carbons (Fsp3) is 0.683. The summed E-state index contributed by atoms with van der Waals surface area (Å²) in [4.78, 5) is 20.9. The zero-order valence-corrected chi connectivity index (χ0v) is 29.5. The van der Waals surface area contributed by atoms with Gasteiger partial charge in [0.25, 0.3) is 0 Å². The number of anilines is 1. The van der Waals surface area contributed by atoms with Gasteiger partial charge in [0, 0.05) is 36.4 Å². The van der Waals surface area contributed by atoms with Crippen molar-refractivity contribution in [1.29, 1.82) is 0 Å². The fourth-order valence-corrected chi connectivity index (χ4v) is 9.43. The first kappa shape index (κ1) is 34.2. The van der Waals surface area contributed by atoms with Crippen molar-refractivity contribution in [3.63, 3.8) is 0 Å². The molecule has 0 bridgehead atoms. The van der Waals surface area contributed by atoms with Gasteiger partial charge in [0.1, 0.15) is 0 Å². The van der Waals surface area contributed by atoms with Crippen molar-refractivity contribution in [2.24, 2.45) is 35.5 Å². The van der Waals surface area contributed by atoms with Gasteiger partial charge in [0.05, 0.1) is 18.8 Å². The maximum Gasteiger partial charge on any atom is 0.183 e. The van der Waals surface area contributed by atoms with Gasteiger partial charge < -0.3 is 9.64 Å². The molecule has 2 aromatic rings. The highest BCUT2D eigenvalue weighted by molar-refractivity contribution is 6.03. The lowest BCUT2D eigenvalue weighted by Crippen LogP contribution is -2.67. The predicted octanol–water partition coefficient (Wildman–Crippen LogP) is 9.32. The van der Waals surface area contributed by atoms with Crippen molar-refractivity contribution in [1.82, 2.24) is 4.90 Å². The highest BCUT2D eigenvalue weighted by Gasteiger charge is 2.53. The normalized spacial score (nSPS) is 29.2. The van der Waals surface area contributed by atoms with Gasteiger partial charge in [0.15, 0.2) is 5.78 Å². The number of ketones is 1. The summed E-state index contributed by atoms with van der Waals surface area (Å²) < 4.78 is 5.60. The summed E-state index contributed by atoms with van der Waals surface area (Å²) >= 11 is 0. The second-order valence-corrected chi connectivity index (χ2v) is 15.7. The van der Waals surface area contributed by atoms with Crippen LogP contribution in [0.2, 0.25) is 0 Å². The van der Waals surface area contributed by atoms with Crippen LogP contribution in [0.4, 0.5) is 5.69 Å². The molecule has 0 spiro atoms. The van der Waals surface area contributed by atoms with Gasteiger partial charge in [-0.3, -0.25) is 9.69 Å². The Morgan fingerprint density at radius 1 is 0.822 bits per heavy atom. The lowest BCUT2D eigenvalue weighted by atomic mass is 9.65. The Labute approximate surface area is 275 Å². The van der Waals surface area contributed by atoms with E-state index >= 15 is 4.79 Å². The molecular formula is C41H62N2O2. The minimum absolute atomic E-state index is 0.323. The largest absolute Gasteiger partial charge is 0.378 e. The van der Waals surface area contributed by atoms with Gasteiger partial charge in [-0.05, 0) is 104 Å². The van der Waals surface area contributed by atoms with Crippen LogP contribution >= 0.6 is 0 Å². The van der Waals surface area contributed by atoms with E-state index in [0.717, 1.165) is 44.7 Å². The van der Waals surface area contributed by atoms with Crippen molar-refractivity contribution in [3.05, 3.63) is 65.7 Å². The number of morpholine rings is 1. The van der Waals surface area contributed by atoms with E-state index < -0.39 is 5.54 Å². The number of hydrogen-bond donors (Lipinski definition) is 0. The first-order valence-corrected chi connectivity index (χ1v) is 18.4. The van der Waals surface area contributed by atoms with E-state index in [1.54, 1.807) is 0 Å². The molecule has 7 atom stereocenters. The van der Waals surface area contributed by atoms with Crippen molar-refractivity contribution in [3.8, 4) is 0 Å². The topological polar surface area (TPSA) is 32.8 Å². The number of Topliss-reactive ketones (excluding diaryl/α,β-unsaturated/α-hetero) is 1. The van der Waals surface area contributed by atoms with Crippen LogP contribution in [-0.4, -0.2) is 54.6 Å². The molecule has 0 N–H and O–H groups in total. The maximum absolute atomic E-state index is 15.6. The minimum atomic E-state index is -0.606. The molecule has 1 aliphatic heterocycles. The summed E-state index contributed by atoms with van der Waals surface area (Å²) in [6, 6.07) is 20.4. The quantitative estimate of drug-likeness (QED) is 0.236. The van der Waals surface area contributed by atoms with Crippen LogP contribution in [0.15, 0.2) is 54.6 Å². The van der Waals surface area contributed by atoms with E-state index in [0.29, 0.717) is 53.4 Å². The highest BCUT2D eigenvalue weighted by Crippen LogP contribution is 2.48. The summed E-state index contributed by atoms with van der Waals surface area (Å²) in [6.45, 7) is 20.3. The molecule has 248 valence electrons. The van der Waals surface area contributed by atoms with Gasteiger partial charge in [-0.1, -0.05) is 91.6 Å². The predicted molar refractivity (Wildman–Crippen MR) is 189 cm³/mol. The van der Waals surface area contributed by atoms with E-state index in [1.165, 1.54) is 49.8 Å². The van der Waals surface area contributed by atoms with Crippen LogP contribution in [0, 0.1) is 35.5 Å². The number of hydrogen-bond acceptors (Lipinski definition) is 4. The summed E-state index contributed by atoms with van der Waals surface area (Å²) in [6.07, 6.45) is 9.10. The van der Waals surface area contributed by atoms with Crippen molar-refractivity contribution in [2.45, 2.75) is 117 Å². The zero-order valence-electron chi connectivity index (χ0n) is 29.5. The van der Waals surface area contributed by atoms with E-state index in [-0.39, 0.29) is 0 Å². The molecule has 0 radical (unpaired) electrons. The van der Waals surface area contributed by atoms with Crippen LogP contribution in [-0.2, 0) is 11.2 Å². The third-order valence-electron chi connectivity index (χ3n) is 12.0. The Balaban J connectivity index is 1.67. The molecule has 4 nitrogen and oxygen atoms in total. The molecule has 2 aliphatic carbocycles. The van der Waals surface area contributed by atoms with Crippen molar-refractivity contribution >= 4 is 11.5 Å². The van der Waals surface area contributed by atoms with Crippen LogP contribution in [0.5, 0.6) is 0 Å². The fourth-order valence-electron chi connectivity index (χ4n) is 9.43. The van der Waals surface area contributed by atoms with Crippen LogP contribution in [0.1, 0.15) is 109 Å². The number of carbonyl (C=O) groups is 1. The third-order valence-corrected chi connectivity index (χ3v) is 12.0. The Hall–Kier alpha value is -2.17. The zero-order chi connectivity index (χ0) is 32.1. The number of carbonyl (C=O) groups excluding carboxylic acids is 1. The maximum atomic E-state index is 15.6. The monoisotopic (exact) mass is 614 g/mol. The first-order chi connectivity index (χ1) is 21.6. The second kappa shape index (κ2) is 15.2. The molecule has 0 aromatic heterocycles. The smallest absolute Gasteiger partial charge is 0.183 e. The molecule has 1 heterocycles. The molecular weight excluding hydrogens is 552 g/mol.